The first kappa shape index (κ1) is 39.1. The Labute approximate surface area is 327 Å². The van der Waals surface area contributed by atoms with Gasteiger partial charge in [-0.25, -0.2) is 23.4 Å². The number of thiazole rings is 1. The lowest BCUT2D eigenvalue weighted by Gasteiger charge is -2.42. The maximum Gasteiger partial charge on any atom is 0.413 e. The minimum atomic E-state index is -0.770. The molecule has 0 spiro atoms. The molecule has 7 rings (SSSR count). The van der Waals surface area contributed by atoms with Gasteiger partial charge in [0.2, 0.25) is 0 Å². The zero-order valence-corrected chi connectivity index (χ0v) is 33.6. The normalized spacial score (nSPS) is 19.9. The van der Waals surface area contributed by atoms with Crippen molar-refractivity contribution in [3.8, 4) is 17.1 Å². The van der Waals surface area contributed by atoms with Crippen molar-refractivity contribution >= 4 is 67.2 Å². The number of morpholine rings is 1. The number of hydrogen-bond acceptors (Lipinski definition) is 12. The number of anilines is 2. The van der Waals surface area contributed by atoms with E-state index in [9.17, 15) is 9.59 Å². The highest BCUT2D eigenvalue weighted by Gasteiger charge is 2.45. The molecule has 2 amide bonds. The second kappa shape index (κ2) is 15.1. The predicted molar refractivity (Wildman–Crippen MR) is 207 cm³/mol. The number of piperazine rings is 1. The van der Waals surface area contributed by atoms with Crippen LogP contribution in [0.4, 0.5) is 29.3 Å². The predicted octanol–water partition coefficient (Wildman–Crippen LogP) is 7.87. The van der Waals surface area contributed by atoms with Gasteiger partial charge in [-0.15, -0.1) is 0 Å². The summed E-state index contributed by atoms with van der Waals surface area (Å²) in [5.74, 6) is -0.941. The molecule has 55 heavy (non-hydrogen) atoms. The minimum absolute atomic E-state index is 0.0147. The molecule has 2 aromatic heterocycles. The lowest BCUT2D eigenvalue weighted by atomic mass is 10.0. The second-order valence-corrected chi connectivity index (χ2v) is 17.6. The van der Waals surface area contributed by atoms with E-state index in [1.165, 1.54) is 12.1 Å². The van der Waals surface area contributed by atoms with Crippen molar-refractivity contribution in [2.24, 2.45) is 0 Å². The third-order valence-corrected chi connectivity index (χ3v) is 10.8. The van der Waals surface area contributed by atoms with Crippen molar-refractivity contribution < 1.29 is 37.3 Å². The highest BCUT2D eigenvalue weighted by molar-refractivity contribution is 7.22. The summed E-state index contributed by atoms with van der Waals surface area (Å²) in [6.45, 7) is 16.8. The SMILES string of the molecule is C[C@@H](CN1CCOCC1)Oc1nc(N2CC3CCC(C2)N3C(=O)OC(C)(C)C)c2cc(Cl)c(-c3ccc(F)c4sc(NC(=O)OC(C)(C)C)nc34)c(F)c2n1. The van der Waals surface area contributed by atoms with Crippen molar-refractivity contribution in [2.75, 3.05) is 56.2 Å². The largest absolute Gasteiger partial charge is 0.459 e. The summed E-state index contributed by atoms with van der Waals surface area (Å²) in [5.41, 5.74) is -1.18. The average Bonchev–Trinajstić information content (AvgIpc) is 3.62. The van der Waals surface area contributed by atoms with Crippen LogP contribution >= 0.6 is 22.9 Å². The van der Waals surface area contributed by atoms with Crippen LogP contribution in [0.25, 0.3) is 32.2 Å². The van der Waals surface area contributed by atoms with Crippen LogP contribution in [-0.2, 0) is 14.2 Å². The summed E-state index contributed by atoms with van der Waals surface area (Å²) in [6, 6.07) is 3.91. The van der Waals surface area contributed by atoms with Crippen molar-refractivity contribution in [3.63, 3.8) is 0 Å². The second-order valence-electron chi connectivity index (χ2n) is 16.2. The lowest BCUT2D eigenvalue weighted by molar-refractivity contribution is 0.0121. The molecule has 296 valence electrons. The Kier molecular flexibility index (Phi) is 10.7. The monoisotopic (exact) mass is 801 g/mol. The number of carbonyl (C=O) groups excluding carboxylic acids is 2. The van der Waals surface area contributed by atoms with Gasteiger partial charge in [-0.3, -0.25) is 15.1 Å². The fourth-order valence-electron chi connectivity index (χ4n) is 7.38. The average molecular weight is 802 g/mol. The molecule has 3 aliphatic rings. The number of amides is 2. The fraction of sp³-hybridized carbons (Fsp3) is 0.553. The summed E-state index contributed by atoms with van der Waals surface area (Å²) in [6.07, 6.45) is 0.0943. The van der Waals surface area contributed by atoms with Crippen LogP contribution in [0, 0.1) is 11.6 Å². The number of ether oxygens (including phenoxy) is 4. The van der Waals surface area contributed by atoms with Crippen LogP contribution in [0.15, 0.2) is 18.2 Å². The molecule has 5 heterocycles. The van der Waals surface area contributed by atoms with Gasteiger partial charge in [0.25, 0.3) is 0 Å². The number of carbonyl (C=O) groups is 2. The van der Waals surface area contributed by atoms with Crippen LogP contribution in [0.5, 0.6) is 6.01 Å². The third-order valence-electron chi connectivity index (χ3n) is 9.53. The van der Waals surface area contributed by atoms with E-state index in [2.05, 4.69) is 20.2 Å². The number of halogens is 3. The van der Waals surface area contributed by atoms with Gasteiger partial charge in [-0.2, -0.15) is 9.97 Å². The highest BCUT2D eigenvalue weighted by Crippen LogP contribution is 2.44. The fourth-order valence-corrected chi connectivity index (χ4v) is 8.55. The topological polar surface area (TPSA) is 131 Å². The van der Waals surface area contributed by atoms with Crippen LogP contribution in [0.1, 0.15) is 61.3 Å². The molecular weight excluding hydrogens is 756 g/mol. The Morgan fingerprint density at radius 3 is 2.33 bits per heavy atom. The van der Waals surface area contributed by atoms with E-state index in [4.69, 9.17) is 35.5 Å². The molecule has 2 unspecified atom stereocenters. The van der Waals surface area contributed by atoms with Crippen molar-refractivity contribution in [3.05, 3.63) is 34.9 Å². The maximum atomic E-state index is 17.2. The van der Waals surface area contributed by atoms with Crippen molar-refractivity contribution in [2.45, 2.75) is 90.7 Å². The van der Waals surface area contributed by atoms with Crippen LogP contribution in [-0.4, -0.2) is 112 Å². The van der Waals surface area contributed by atoms with Gasteiger partial charge in [0.1, 0.15) is 34.5 Å². The van der Waals surface area contributed by atoms with Gasteiger partial charge >= 0.3 is 18.2 Å². The van der Waals surface area contributed by atoms with Gasteiger partial charge in [0, 0.05) is 49.2 Å². The Hall–Kier alpha value is -4.12. The molecule has 3 atom stereocenters. The van der Waals surface area contributed by atoms with E-state index in [0.717, 1.165) is 37.3 Å². The molecule has 2 bridgehead atoms. The molecule has 3 aliphatic heterocycles. The maximum absolute atomic E-state index is 17.2. The molecule has 0 saturated carbocycles. The summed E-state index contributed by atoms with van der Waals surface area (Å²) >= 11 is 7.84. The number of nitrogens with one attached hydrogen (secondary N) is 1. The molecule has 4 aromatic rings. The van der Waals surface area contributed by atoms with E-state index in [-0.39, 0.29) is 67.3 Å². The van der Waals surface area contributed by atoms with Crippen LogP contribution in [0.2, 0.25) is 5.02 Å². The van der Waals surface area contributed by atoms with Gasteiger partial charge in [-0.1, -0.05) is 22.9 Å². The standard InChI is InChI=1S/C38H46ClF2N7O6S/c1-20(17-46-12-14-51-15-13-46)52-33-42-29-24(32(44-33)47-18-21-8-9-22(19-47)48(21)36(50)54-38(5,6)7)16-25(39)27(28(29)41)23-10-11-26(40)31-30(23)43-34(55-31)45-35(49)53-37(2,3)4/h10-11,16,20-22H,8-9,12-15,17-19H2,1-7H3,(H,43,45,49)/t20-,21?,22?/m0/s1. The summed E-state index contributed by atoms with van der Waals surface area (Å²) in [5, 5.41) is 3.01. The number of fused-ring (bicyclic) bond motifs is 4. The molecule has 3 fully saturated rings. The lowest BCUT2D eigenvalue weighted by Crippen LogP contribution is -2.57. The molecule has 2 aromatic carbocycles. The van der Waals surface area contributed by atoms with Gasteiger partial charge in [-0.05, 0) is 79.5 Å². The number of aromatic nitrogens is 3. The number of nitrogens with zero attached hydrogens (tertiary/aromatic N) is 6. The van der Waals surface area contributed by atoms with E-state index >= 15 is 8.78 Å². The van der Waals surface area contributed by atoms with Crippen LogP contribution < -0.4 is 15.0 Å². The molecule has 3 saturated heterocycles. The van der Waals surface area contributed by atoms with Crippen LogP contribution in [0.3, 0.4) is 0 Å². The number of benzene rings is 2. The summed E-state index contributed by atoms with van der Waals surface area (Å²) < 4.78 is 55.4. The smallest absolute Gasteiger partial charge is 0.413 e. The van der Waals surface area contributed by atoms with E-state index in [1.807, 2.05) is 37.5 Å². The van der Waals surface area contributed by atoms with Gasteiger partial charge < -0.3 is 23.8 Å². The first-order valence-electron chi connectivity index (χ1n) is 18.5. The Balaban J connectivity index is 1.29. The third kappa shape index (κ3) is 8.52. The summed E-state index contributed by atoms with van der Waals surface area (Å²) in [7, 11) is 0. The van der Waals surface area contributed by atoms with E-state index < -0.39 is 28.9 Å². The molecule has 13 nitrogen and oxygen atoms in total. The molecule has 0 aliphatic carbocycles. The van der Waals surface area contributed by atoms with Crippen molar-refractivity contribution in [1.29, 1.82) is 0 Å². The van der Waals surface area contributed by atoms with Gasteiger partial charge in [0.05, 0.1) is 40.5 Å². The molecular formula is C38H46ClF2N7O6S. The number of rotatable bonds is 7. The van der Waals surface area contributed by atoms with Gasteiger partial charge in [0.15, 0.2) is 10.9 Å². The first-order chi connectivity index (χ1) is 25.9. The summed E-state index contributed by atoms with van der Waals surface area (Å²) in [4.78, 5) is 45.8. The zero-order chi connectivity index (χ0) is 39.4. The number of hydrogen-bond donors (Lipinski definition) is 1. The molecule has 0 radical (unpaired) electrons. The Morgan fingerprint density at radius 2 is 1.67 bits per heavy atom. The minimum Gasteiger partial charge on any atom is -0.459 e. The Morgan fingerprint density at radius 1 is 1.00 bits per heavy atom. The quantitative estimate of drug-likeness (QED) is 0.196. The van der Waals surface area contributed by atoms with Crippen molar-refractivity contribution in [1.82, 2.24) is 24.8 Å². The first-order valence-corrected chi connectivity index (χ1v) is 19.7. The Bertz CT molecular complexity index is 2110. The highest BCUT2D eigenvalue weighted by atomic mass is 35.5. The molecule has 17 heteroatoms. The zero-order valence-electron chi connectivity index (χ0n) is 32.0. The van der Waals surface area contributed by atoms with E-state index in [0.29, 0.717) is 44.1 Å². The van der Waals surface area contributed by atoms with E-state index in [1.54, 1.807) is 26.8 Å². The molecule has 1 N–H and O–H groups in total.